The Morgan fingerprint density at radius 1 is 0.846 bits per heavy atom. The van der Waals surface area contributed by atoms with Crippen LogP contribution in [0, 0.1) is 14.2 Å². The molecule has 0 amide bonds. The molecule has 0 spiro atoms. The molecule has 0 aliphatic heterocycles. The SMILES string of the molecule is [CH2-]OCCCC.[CH2-]OCCCC.[Fe+2]. The summed E-state index contributed by atoms with van der Waals surface area (Å²) in [6, 6.07) is 0. The Kier molecular flexibility index (Phi) is 33.5. The summed E-state index contributed by atoms with van der Waals surface area (Å²) in [6.45, 7) is 5.85. The van der Waals surface area contributed by atoms with Crippen LogP contribution in [0.2, 0.25) is 0 Å². The topological polar surface area (TPSA) is 18.5 Å². The van der Waals surface area contributed by atoms with Gasteiger partial charge < -0.3 is 9.47 Å². The van der Waals surface area contributed by atoms with Gasteiger partial charge in [-0.25, -0.2) is 14.2 Å². The molecule has 0 aromatic carbocycles. The Morgan fingerprint density at radius 3 is 1.23 bits per heavy atom. The zero-order valence-corrected chi connectivity index (χ0v) is 9.93. The van der Waals surface area contributed by atoms with Gasteiger partial charge in [0.15, 0.2) is 0 Å². The van der Waals surface area contributed by atoms with Crippen molar-refractivity contribution in [3.63, 3.8) is 0 Å². The molecule has 0 aromatic heterocycles. The van der Waals surface area contributed by atoms with E-state index in [1.165, 1.54) is 12.8 Å². The second kappa shape index (κ2) is 22.9. The molecule has 82 valence electrons. The van der Waals surface area contributed by atoms with Crippen molar-refractivity contribution in [3.8, 4) is 0 Å². The molecule has 0 aromatic rings. The molecular weight excluding hydrogens is 208 g/mol. The summed E-state index contributed by atoms with van der Waals surface area (Å²) in [5.41, 5.74) is 0. The van der Waals surface area contributed by atoms with Gasteiger partial charge in [-0.05, 0) is 12.8 Å². The maximum Gasteiger partial charge on any atom is 2.00 e. The van der Waals surface area contributed by atoms with Crippen LogP contribution >= 0.6 is 0 Å². The third kappa shape index (κ3) is 32.7. The van der Waals surface area contributed by atoms with Crippen LogP contribution in [0.1, 0.15) is 39.5 Å². The van der Waals surface area contributed by atoms with E-state index >= 15 is 0 Å². The Labute approximate surface area is 93.9 Å². The van der Waals surface area contributed by atoms with E-state index in [0.29, 0.717) is 0 Å². The van der Waals surface area contributed by atoms with Gasteiger partial charge in [-0.2, -0.15) is 0 Å². The third-order valence-corrected chi connectivity index (χ3v) is 1.28. The van der Waals surface area contributed by atoms with Crippen LogP contribution in [0.5, 0.6) is 0 Å². The number of hydrogen-bond donors (Lipinski definition) is 0. The van der Waals surface area contributed by atoms with E-state index in [1.54, 1.807) is 0 Å². The molecule has 0 aliphatic carbocycles. The van der Waals surface area contributed by atoms with Gasteiger partial charge in [0, 0.05) is 13.2 Å². The monoisotopic (exact) mass is 230 g/mol. The van der Waals surface area contributed by atoms with Crippen LogP contribution in [0.3, 0.4) is 0 Å². The first-order chi connectivity index (χ1) is 5.83. The molecule has 0 N–H and O–H groups in total. The maximum atomic E-state index is 4.53. The normalized spacial score (nSPS) is 8.31. The van der Waals surface area contributed by atoms with Gasteiger partial charge in [-0.1, -0.05) is 26.7 Å². The van der Waals surface area contributed by atoms with Crippen LogP contribution < -0.4 is 0 Å². The van der Waals surface area contributed by atoms with Crippen molar-refractivity contribution < 1.29 is 26.5 Å². The number of hydrogen-bond acceptors (Lipinski definition) is 2. The maximum absolute atomic E-state index is 4.53. The zero-order valence-electron chi connectivity index (χ0n) is 8.83. The van der Waals surface area contributed by atoms with Crippen molar-refractivity contribution in [1.29, 1.82) is 0 Å². The first kappa shape index (κ1) is 19.1. The standard InChI is InChI=1S/2C5H11O.Fe/c2*1-3-4-5-6-2;/h2*2-5H2,1H3;/q2*-1;+2. The largest absolute Gasteiger partial charge is 2.00 e. The second-order valence-corrected chi connectivity index (χ2v) is 2.52. The smallest absolute Gasteiger partial charge is 0.555 e. The van der Waals surface area contributed by atoms with Crippen molar-refractivity contribution in [1.82, 2.24) is 0 Å². The van der Waals surface area contributed by atoms with E-state index in [9.17, 15) is 0 Å². The first-order valence-corrected chi connectivity index (χ1v) is 4.57. The summed E-state index contributed by atoms with van der Waals surface area (Å²) < 4.78 is 9.06. The van der Waals surface area contributed by atoms with Gasteiger partial charge in [-0.15, -0.1) is 0 Å². The van der Waals surface area contributed by atoms with Crippen LogP contribution in [0.4, 0.5) is 0 Å². The Bertz CT molecular complexity index is 44.9. The molecule has 0 unspecified atom stereocenters. The fourth-order valence-corrected chi connectivity index (χ4v) is 0.493. The minimum Gasteiger partial charge on any atom is -0.555 e. The molecule has 3 heteroatoms. The van der Waals surface area contributed by atoms with Gasteiger partial charge in [0.05, 0.1) is 0 Å². The van der Waals surface area contributed by atoms with Gasteiger partial charge >= 0.3 is 17.1 Å². The van der Waals surface area contributed by atoms with E-state index in [-0.39, 0.29) is 17.1 Å². The second-order valence-electron chi connectivity index (χ2n) is 2.52. The summed E-state index contributed by atoms with van der Waals surface area (Å²) >= 11 is 0. The van der Waals surface area contributed by atoms with E-state index in [0.717, 1.165) is 26.1 Å². The van der Waals surface area contributed by atoms with Gasteiger partial charge in [0.1, 0.15) is 0 Å². The summed E-state index contributed by atoms with van der Waals surface area (Å²) in [6.07, 6.45) is 4.64. The minimum absolute atomic E-state index is 0. The van der Waals surface area contributed by atoms with Crippen molar-refractivity contribution in [2.75, 3.05) is 13.2 Å². The minimum atomic E-state index is 0. The molecule has 0 aliphatic rings. The third-order valence-electron chi connectivity index (χ3n) is 1.28. The molecule has 0 radical (unpaired) electrons. The summed E-state index contributed by atoms with van der Waals surface area (Å²) in [5, 5.41) is 0. The average Bonchev–Trinajstić information content (AvgIpc) is 2.12. The predicted octanol–water partition coefficient (Wildman–Crippen LogP) is 3.19. The molecule has 0 saturated heterocycles. The van der Waals surface area contributed by atoms with Crippen molar-refractivity contribution in [2.45, 2.75) is 39.5 Å². The molecule has 0 heterocycles. The van der Waals surface area contributed by atoms with Gasteiger partial charge in [-0.3, -0.25) is 0 Å². The van der Waals surface area contributed by atoms with Crippen molar-refractivity contribution >= 4 is 0 Å². The molecule has 13 heavy (non-hydrogen) atoms. The fraction of sp³-hybridized carbons (Fsp3) is 0.800. The molecule has 0 fully saturated rings. The van der Waals surface area contributed by atoms with Gasteiger partial charge in [0.2, 0.25) is 0 Å². The summed E-state index contributed by atoms with van der Waals surface area (Å²) in [5.74, 6) is 0. The first-order valence-electron chi connectivity index (χ1n) is 4.57. The number of unbranched alkanes of at least 4 members (excludes halogenated alkanes) is 2. The quantitative estimate of drug-likeness (QED) is 0.396. The van der Waals surface area contributed by atoms with E-state index in [4.69, 9.17) is 0 Å². The summed E-state index contributed by atoms with van der Waals surface area (Å²) in [4.78, 5) is 0. The van der Waals surface area contributed by atoms with Crippen molar-refractivity contribution in [3.05, 3.63) is 14.2 Å². The fourth-order valence-electron chi connectivity index (χ4n) is 0.493. The van der Waals surface area contributed by atoms with Crippen LogP contribution in [0.15, 0.2) is 0 Å². The van der Waals surface area contributed by atoms with Crippen LogP contribution in [-0.2, 0) is 26.5 Å². The van der Waals surface area contributed by atoms with E-state index in [1.807, 2.05) is 0 Å². The summed E-state index contributed by atoms with van der Waals surface area (Å²) in [7, 11) is 6.45. The predicted molar refractivity (Wildman–Crippen MR) is 52.4 cm³/mol. The Morgan fingerprint density at radius 2 is 1.15 bits per heavy atom. The van der Waals surface area contributed by atoms with E-state index in [2.05, 4.69) is 37.5 Å². The Hall–Kier alpha value is 0.439. The van der Waals surface area contributed by atoms with Gasteiger partial charge in [0.25, 0.3) is 0 Å². The van der Waals surface area contributed by atoms with E-state index < -0.39 is 0 Å². The number of rotatable bonds is 6. The zero-order chi connectivity index (χ0) is 9.66. The molecule has 2 nitrogen and oxygen atoms in total. The molecule has 0 atom stereocenters. The average molecular weight is 230 g/mol. The van der Waals surface area contributed by atoms with Crippen molar-refractivity contribution in [2.24, 2.45) is 0 Å². The molecule has 0 saturated carbocycles. The Balaban J connectivity index is -0.000000143. The van der Waals surface area contributed by atoms with Crippen LogP contribution in [0.25, 0.3) is 0 Å². The van der Waals surface area contributed by atoms with Crippen LogP contribution in [-0.4, -0.2) is 13.2 Å². The molecule has 0 bridgehead atoms. The number of ether oxygens (including phenoxy) is 2. The molecule has 0 rings (SSSR count). The molecular formula is C10H22FeO2.